The smallest absolute Gasteiger partial charge is 0.241 e. The molecule has 0 aromatic heterocycles. The molecule has 2 heterocycles. The number of halogens is 2. The summed E-state index contributed by atoms with van der Waals surface area (Å²) in [5.74, 6) is 0.387. The van der Waals surface area contributed by atoms with Gasteiger partial charge in [-0.1, -0.05) is 59.2 Å². The van der Waals surface area contributed by atoms with E-state index < -0.39 is 0 Å². The monoisotopic (exact) mass is 406 g/mol. The van der Waals surface area contributed by atoms with Gasteiger partial charge in [-0.2, -0.15) is 0 Å². The van der Waals surface area contributed by atoms with Crippen molar-refractivity contribution in [3.8, 4) is 0 Å². The molecular weight excluding hydrogens is 391 g/mol. The molecule has 0 radical (unpaired) electrons. The van der Waals surface area contributed by atoms with Crippen LogP contribution in [0.4, 0.5) is 5.69 Å². The zero-order valence-electron chi connectivity index (χ0n) is 13.7. The van der Waals surface area contributed by atoms with Crippen LogP contribution in [0.1, 0.15) is 5.56 Å². The van der Waals surface area contributed by atoms with E-state index in [9.17, 15) is 4.79 Å². The summed E-state index contributed by atoms with van der Waals surface area (Å²) in [7, 11) is 0. The van der Waals surface area contributed by atoms with Gasteiger partial charge in [0.1, 0.15) is 6.17 Å². The minimum Gasteiger partial charge on any atom is -0.274 e. The fraction of sp³-hybridized carbons (Fsp3) is 0.222. The highest BCUT2D eigenvalue weighted by Crippen LogP contribution is 2.32. The maximum atomic E-state index is 13.1. The van der Waals surface area contributed by atoms with Gasteiger partial charge >= 0.3 is 0 Å². The van der Waals surface area contributed by atoms with Crippen molar-refractivity contribution in [2.24, 2.45) is 10.9 Å². The fourth-order valence-electron chi connectivity index (χ4n) is 2.98. The summed E-state index contributed by atoms with van der Waals surface area (Å²) in [6.45, 7) is 0.548. The number of fused-ring (bicyclic) bond motifs is 1. The largest absolute Gasteiger partial charge is 0.274 e. The highest BCUT2D eigenvalue weighted by atomic mass is 35.5. The molecular formula is C18H16Cl2N4OS. The van der Waals surface area contributed by atoms with Gasteiger partial charge < -0.3 is 0 Å². The average Bonchev–Trinajstić information content (AvgIpc) is 3.10. The first-order valence-electron chi connectivity index (χ1n) is 8.15. The number of hydrazine groups is 1. The highest BCUT2D eigenvalue weighted by Gasteiger charge is 2.42. The van der Waals surface area contributed by atoms with Crippen LogP contribution in [0.15, 0.2) is 53.5 Å². The number of nitrogens with zero attached hydrogens (tertiary/aromatic N) is 2. The normalized spacial score (nSPS) is 22.3. The van der Waals surface area contributed by atoms with E-state index in [1.807, 2.05) is 36.4 Å². The van der Waals surface area contributed by atoms with E-state index in [0.29, 0.717) is 27.5 Å². The Balaban J connectivity index is 1.66. The Labute approximate surface area is 165 Å². The van der Waals surface area contributed by atoms with Crippen LogP contribution in [0.5, 0.6) is 0 Å². The van der Waals surface area contributed by atoms with E-state index in [4.69, 9.17) is 28.2 Å². The predicted molar refractivity (Wildman–Crippen MR) is 108 cm³/mol. The maximum absolute atomic E-state index is 13.1. The second-order valence-corrected chi connectivity index (χ2v) is 7.81. The number of carbonyl (C=O) groups is 1. The first-order chi connectivity index (χ1) is 12.6. The van der Waals surface area contributed by atoms with Gasteiger partial charge in [-0.25, -0.2) is 10.4 Å². The molecule has 2 unspecified atom stereocenters. The molecule has 2 aromatic rings. The molecule has 26 heavy (non-hydrogen) atoms. The van der Waals surface area contributed by atoms with Crippen LogP contribution in [-0.2, 0) is 10.5 Å². The summed E-state index contributed by atoms with van der Waals surface area (Å²) >= 11 is 13.9. The molecule has 2 atom stereocenters. The minimum absolute atomic E-state index is 0.00595. The number of amides is 1. The molecule has 0 saturated carbocycles. The molecule has 0 aliphatic carbocycles. The quantitative estimate of drug-likeness (QED) is 0.815. The summed E-state index contributed by atoms with van der Waals surface area (Å²) in [5.41, 5.74) is 7.80. The van der Waals surface area contributed by atoms with Crippen molar-refractivity contribution in [1.29, 1.82) is 0 Å². The Morgan fingerprint density at radius 2 is 2.04 bits per heavy atom. The molecule has 1 amide bonds. The van der Waals surface area contributed by atoms with Gasteiger partial charge in [-0.3, -0.25) is 15.1 Å². The number of carbonyl (C=O) groups excluding carboxylic acids is 1. The zero-order chi connectivity index (χ0) is 18.1. The van der Waals surface area contributed by atoms with E-state index in [2.05, 4.69) is 10.9 Å². The SMILES string of the molecule is O=C1C2CNNC2N=C(SCc2ccccc2Cl)N1c1cccc(Cl)c1. The van der Waals surface area contributed by atoms with Crippen LogP contribution in [0.3, 0.4) is 0 Å². The Kier molecular flexibility index (Phi) is 5.20. The van der Waals surface area contributed by atoms with E-state index in [0.717, 1.165) is 11.3 Å². The molecule has 1 saturated heterocycles. The van der Waals surface area contributed by atoms with Crippen LogP contribution in [0.2, 0.25) is 10.0 Å². The molecule has 2 aliphatic rings. The minimum atomic E-state index is -0.258. The number of amidine groups is 1. The summed E-state index contributed by atoms with van der Waals surface area (Å²) in [5, 5.41) is 1.92. The molecule has 134 valence electrons. The molecule has 8 heteroatoms. The third-order valence-electron chi connectivity index (χ3n) is 4.31. The number of thioether (sulfide) groups is 1. The van der Waals surface area contributed by atoms with Gasteiger partial charge in [0.15, 0.2) is 5.17 Å². The highest BCUT2D eigenvalue weighted by molar-refractivity contribution is 8.13. The van der Waals surface area contributed by atoms with E-state index in [1.54, 1.807) is 17.0 Å². The number of nitrogens with one attached hydrogen (secondary N) is 2. The van der Waals surface area contributed by atoms with Gasteiger partial charge in [-0.05, 0) is 29.8 Å². The zero-order valence-corrected chi connectivity index (χ0v) is 16.0. The van der Waals surface area contributed by atoms with Gasteiger partial charge in [0.05, 0.1) is 11.6 Å². The van der Waals surface area contributed by atoms with Gasteiger partial charge in [0.25, 0.3) is 0 Å². The Hall–Kier alpha value is -1.57. The molecule has 0 spiro atoms. The second kappa shape index (κ2) is 7.58. The van der Waals surface area contributed by atoms with Crippen LogP contribution in [0, 0.1) is 5.92 Å². The first kappa shape index (κ1) is 17.8. The van der Waals surface area contributed by atoms with Crippen molar-refractivity contribution in [3.05, 3.63) is 64.1 Å². The molecule has 2 N–H and O–H groups in total. The summed E-state index contributed by atoms with van der Waals surface area (Å²) in [4.78, 5) is 19.5. The average molecular weight is 407 g/mol. The van der Waals surface area contributed by atoms with Gasteiger partial charge in [-0.15, -0.1) is 0 Å². The van der Waals surface area contributed by atoms with E-state index in [-0.39, 0.29) is 18.0 Å². The van der Waals surface area contributed by atoms with Crippen molar-refractivity contribution < 1.29 is 4.79 Å². The van der Waals surface area contributed by atoms with Crippen LogP contribution >= 0.6 is 35.0 Å². The second-order valence-electron chi connectivity index (χ2n) is 6.02. The molecule has 2 aliphatic heterocycles. The predicted octanol–water partition coefficient (Wildman–Crippen LogP) is 3.68. The summed E-state index contributed by atoms with van der Waals surface area (Å²) in [6, 6.07) is 14.9. The summed E-state index contributed by atoms with van der Waals surface area (Å²) in [6.07, 6.45) is -0.258. The number of anilines is 1. The fourth-order valence-corrected chi connectivity index (χ4v) is 4.49. The summed E-state index contributed by atoms with van der Waals surface area (Å²) < 4.78 is 0. The number of benzene rings is 2. The molecule has 5 nitrogen and oxygen atoms in total. The Morgan fingerprint density at radius 3 is 2.85 bits per heavy atom. The van der Waals surface area contributed by atoms with E-state index >= 15 is 0 Å². The number of aliphatic imine (C=N–C) groups is 1. The van der Waals surface area contributed by atoms with Gasteiger partial charge in [0, 0.05) is 22.3 Å². The maximum Gasteiger partial charge on any atom is 0.241 e. The topological polar surface area (TPSA) is 56.7 Å². The molecule has 2 aromatic carbocycles. The lowest BCUT2D eigenvalue weighted by Gasteiger charge is -2.32. The number of rotatable bonds is 3. The van der Waals surface area contributed by atoms with Crippen molar-refractivity contribution in [2.75, 3.05) is 11.4 Å². The lowest BCUT2D eigenvalue weighted by Crippen LogP contribution is -2.49. The van der Waals surface area contributed by atoms with Crippen LogP contribution < -0.4 is 15.8 Å². The van der Waals surface area contributed by atoms with Crippen molar-refractivity contribution in [1.82, 2.24) is 10.9 Å². The van der Waals surface area contributed by atoms with Gasteiger partial charge in [0.2, 0.25) is 5.91 Å². The first-order valence-corrected chi connectivity index (χ1v) is 9.89. The standard InChI is InChI=1S/C18H16Cl2N4OS/c19-12-5-3-6-13(8-12)24-17(25)14-9-21-23-16(14)22-18(24)26-10-11-4-1-2-7-15(11)20/h1-8,14,16,21,23H,9-10H2. The molecule has 1 fully saturated rings. The lowest BCUT2D eigenvalue weighted by atomic mass is 10.0. The van der Waals surface area contributed by atoms with Crippen LogP contribution in [-0.4, -0.2) is 23.8 Å². The molecule has 4 rings (SSSR count). The number of hydrogen-bond donors (Lipinski definition) is 2. The van der Waals surface area contributed by atoms with Crippen LogP contribution in [0.25, 0.3) is 0 Å². The van der Waals surface area contributed by atoms with E-state index in [1.165, 1.54) is 11.8 Å². The van der Waals surface area contributed by atoms with Crippen molar-refractivity contribution in [2.45, 2.75) is 11.9 Å². The van der Waals surface area contributed by atoms with Crippen molar-refractivity contribution >= 4 is 51.7 Å². The van der Waals surface area contributed by atoms with Crippen molar-refractivity contribution in [3.63, 3.8) is 0 Å². The Bertz CT molecular complexity index is 876. The molecule has 0 bridgehead atoms. The lowest BCUT2D eigenvalue weighted by molar-refractivity contribution is -0.121. The third-order valence-corrected chi connectivity index (χ3v) is 5.92. The number of hydrogen-bond acceptors (Lipinski definition) is 5. The Morgan fingerprint density at radius 1 is 1.19 bits per heavy atom. The third kappa shape index (κ3) is 3.48.